The molecule has 1 heterocycles. The van der Waals surface area contributed by atoms with Gasteiger partial charge in [0.1, 0.15) is 0 Å². The molecule has 302 valence electrons. The molecule has 0 N–H and O–H groups in total. The number of para-hydroxylation sites is 1. The minimum atomic E-state index is 0.00315. The van der Waals surface area contributed by atoms with Crippen LogP contribution in [0.2, 0.25) is 0 Å². The molecule has 0 saturated carbocycles. The van der Waals surface area contributed by atoms with Crippen molar-refractivity contribution in [3.05, 3.63) is 211 Å². The minimum absolute atomic E-state index is 0.00315. The first-order valence-electron chi connectivity index (χ1n) is 21.8. The number of benzene rings is 9. The predicted octanol–water partition coefficient (Wildman–Crippen LogP) is 17.9. The zero-order valence-corrected chi connectivity index (χ0v) is 37.2. The second-order valence-electron chi connectivity index (χ2n) is 18.6. The highest BCUT2D eigenvalue weighted by Gasteiger charge is 2.24. The third-order valence-electron chi connectivity index (χ3n) is 12.4. The number of anilines is 3. The van der Waals surface area contributed by atoms with Gasteiger partial charge in [-0.15, -0.1) is 11.3 Å². The average molecular weight is 818 g/mol. The number of thiophene rings is 1. The van der Waals surface area contributed by atoms with E-state index in [9.17, 15) is 0 Å². The van der Waals surface area contributed by atoms with Crippen molar-refractivity contribution in [3.63, 3.8) is 0 Å². The fraction of sp³-hybridized carbons (Fsp3) is 0.133. The van der Waals surface area contributed by atoms with Crippen LogP contribution in [0.15, 0.2) is 200 Å². The summed E-state index contributed by atoms with van der Waals surface area (Å²) in [6.07, 6.45) is 0. The molecule has 0 aliphatic rings. The van der Waals surface area contributed by atoms with Crippen molar-refractivity contribution in [2.45, 2.75) is 52.4 Å². The van der Waals surface area contributed by atoms with Crippen LogP contribution in [0.25, 0.3) is 75.5 Å². The number of hydrogen-bond acceptors (Lipinski definition) is 2. The lowest BCUT2D eigenvalue weighted by Crippen LogP contribution is -2.16. The highest BCUT2D eigenvalue weighted by atomic mass is 32.1. The van der Waals surface area contributed by atoms with Crippen molar-refractivity contribution < 1.29 is 0 Å². The summed E-state index contributed by atoms with van der Waals surface area (Å²) in [5.41, 5.74) is 15.8. The summed E-state index contributed by atoms with van der Waals surface area (Å²) in [7, 11) is 0. The van der Waals surface area contributed by atoms with Crippen LogP contribution in [0.3, 0.4) is 0 Å². The highest BCUT2D eigenvalue weighted by Crippen LogP contribution is 2.47. The molecule has 62 heavy (non-hydrogen) atoms. The van der Waals surface area contributed by atoms with Gasteiger partial charge in [-0.05, 0) is 114 Å². The van der Waals surface area contributed by atoms with E-state index in [0.29, 0.717) is 0 Å². The summed E-state index contributed by atoms with van der Waals surface area (Å²) in [6.45, 7) is 13.9. The molecule has 10 rings (SSSR count). The largest absolute Gasteiger partial charge is 0.310 e. The topological polar surface area (TPSA) is 3.24 Å². The van der Waals surface area contributed by atoms with Crippen molar-refractivity contribution in [2.24, 2.45) is 0 Å². The SMILES string of the molecule is CC(C)(C)c1cc(-c2cccc3cccc(-c4ccccc4N(c4ccc(-c5ccccc5)cc4)c4cccc(-c5cccc6sc7ccccc7c56)c4)c23)cc(C(C)(C)C)c1. The first kappa shape index (κ1) is 39.4. The van der Waals surface area contributed by atoms with Gasteiger partial charge in [0.05, 0.1) is 5.69 Å². The Balaban J connectivity index is 1.19. The number of nitrogens with zero attached hydrogens (tertiary/aromatic N) is 1. The fourth-order valence-electron chi connectivity index (χ4n) is 9.04. The molecule has 1 aromatic heterocycles. The van der Waals surface area contributed by atoms with Gasteiger partial charge in [-0.3, -0.25) is 0 Å². The van der Waals surface area contributed by atoms with Gasteiger partial charge >= 0.3 is 0 Å². The van der Waals surface area contributed by atoms with Gasteiger partial charge in [-0.1, -0.05) is 199 Å². The molecule has 0 aliphatic heterocycles. The van der Waals surface area contributed by atoms with E-state index in [1.54, 1.807) is 0 Å². The highest BCUT2D eigenvalue weighted by molar-refractivity contribution is 7.25. The molecule has 9 aromatic carbocycles. The van der Waals surface area contributed by atoms with Crippen LogP contribution in [0.1, 0.15) is 52.7 Å². The minimum Gasteiger partial charge on any atom is -0.310 e. The van der Waals surface area contributed by atoms with Crippen molar-refractivity contribution >= 4 is 59.3 Å². The van der Waals surface area contributed by atoms with Crippen LogP contribution in [0.4, 0.5) is 17.1 Å². The van der Waals surface area contributed by atoms with E-state index in [1.807, 2.05) is 11.3 Å². The van der Waals surface area contributed by atoms with Crippen molar-refractivity contribution in [1.82, 2.24) is 0 Å². The molecule has 10 aromatic rings. The molecular formula is C60H51NS. The Morgan fingerprint density at radius 2 is 0.903 bits per heavy atom. The maximum absolute atomic E-state index is 2.46. The fourth-order valence-corrected chi connectivity index (χ4v) is 10.2. The quantitative estimate of drug-likeness (QED) is 0.155. The summed E-state index contributed by atoms with van der Waals surface area (Å²) < 4.78 is 2.62. The third kappa shape index (κ3) is 7.29. The second kappa shape index (κ2) is 15.6. The summed E-state index contributed by atoms with van der Waals surface area (Å²) in [5, 5.41) is 5.11. The first-order chi connectivity index (χ1) is 30.0. The van der Waals surface area contributed by atoms with Gasteiger partial charge in [-0.2, -0.15) is 0 Å². The van der Waals surface area contributed by atoms with Crippen molar-refractivity contribution in [3.8, 4) is 44.5 Å². The van der Waals surface area contributed by atoms with Gasteiger partial charge in [-0.25, -0.2) is 0 Å². The molecular weight excluding hydrogens is 767 g/mol. The molecule has 0 amide bonds. The Bertz CT molecular complexity index is 3210. The molecule has 2 heteroatoms. The van der Waals surface area contributed by atoms with E-state index in [1.165, 1.54) is 86.6 Å². The van der Waals surface area contributed by atoms with Crippen molar-refractivity contribution in [1.29, 1.82) is 0 Å². The smallest absolute Gasteiger partial charge is 0.0540 e. The summed E-state index contributed by atoms with van der Waals surface area (Å²) in [5.74, 6) is 0. The van der Waals surface area contributed by atoms with Crippen LogP contribution in [0, 0.1) is 0 Å². The molecule has 0 bridgehead atoms. The number of fused-ring (bicyclic) bond motifs is 4. The molecule has 0 atom stereocenters. The summed E-state index contributed by atoms with van der Waals surface area (Å²) in [4.78, 5) is 2.46. The Morgan fingerprint density at radius 3 is 1.63 bits per heavy atom. The normalized spacial score (nSPS) is 12.0. The monoisotopic (exact) mass is 817 g/mol. The lowest BCUT2D eigenvalue weighted by Gasteiger charge is -2.29. The number of hydrogen-bond donors (Lipinski definition) is 0. The van der Waals surface area contributed by atoms with E-state index in [-0.39, 0.29) is 10.8 Å². The summed E-state index contributed by atoms with van der Waals surface area (Å²) in [6, 6.07) is 74.2. The Morgan fingerprint density at radius 1 is 0.355 bits per heavy atom. The number of rotatable bonds is 7. The van der Waals surface area contributed by atoms with Gasteiger partial charge in [0.15, 0.2) is 0 Å². The molecule has 0 aliphatic carbocycles. The van der Waals surface area contributed by atoms with Crippen LogP contribution in [-0.2, 0) is 10.8 Å². The Hall–Kier alpha value is -6.74. The lowest BCUT2D eigenvalue weighted by atomic mass is 9.78. The van der Waals surface area contributed by atoms with Gasteiger partial charge in [0.2, 0.25) is 0 Å². The van der Waals surface area contributed by atoms with Crippen LogP contribution < -0.4 is 4.90 Å². The third-order valence-corrected chi connectivity index (χ3v) is 13.5. The van der Waals surface area contributed by atoms with E-state index in [4.69, 9.17) is 0 Å². The molecule has 0 fully saturated rings. The molecule has 0 unspecified atom stereocenters. The van der Waals surface area contributed by atoms with Crippen LogP contribution in [-0.4, -0.2) is 0 Å². The zero-order chi connectivity index (χ0) is 42.6. The molecule has 1 nitrogen and oxygen atoms in total. The van der Waals surface area contributed by atoms with Crippen molar-refractivity contribution in [2.75, 3.05) is 4.90 Å². The van der Waals surface area contributed by atoms with Gasteiger partial charge < -0.3 is 4.90 Å². The summed E-state index contributed by atoms with van der Waals surface area (Å²) >= 11 is 1.87. The van der Waals surface area contributed by atoms with E-state index in [0.717, 1.165) is 17.1 Å². The maximum atomic E-state index is 2.46. The van der Waals surface area contributed by atoms with E-state index in [2.05, 4.69) is 247 Å². The van der Waals surface area contributed by atoms with Crippen LogP contribution >= 0.6 is 11.3 Å². The molecule has 0 radical (unpaired) electrons. The first-order valence-corrected chi connectivity index (χ1v) is 22.6. The van der Waals surface area contributed by atoms with Gasteiger partial charge in [0.25, 0.3) is 0 Å². The zero-order valence-electron chi connectivity index (χ0n) is 36.4. The van der Waals surface area contributed by atoms with Crippen LogP contribution in [0.5, 0.6) is 0 Å². The van der Waals surface area contributed by atoms with Gasteiger partial charge in [0, 0.05) is 37.1 Å². The maximum Gasteiger partial charge on any atom is 0.0540 e. The Kier molecular flexibility index (Phi) is 9.93. The standard InChI is InChI=1S/C60H51NS/c1-59(2,3)45-36-44(37-46(39-45)60(4,5)6)50-26-15-20-42-21-16-28-52(57(42)50)51-24-10-12-29-54(51)61(47-34-32-41(33-35-47)40-18-8-7-9-19-40)48-23-14-22-43(38-48)49-27-17-31-56-58(49)53-25-11-13-30-55(53)62-56/h7-39H,1-6H3. The predicted molar refractivity (Wildman–Crippen MR) is 271 cm³/mol. The molecule has 0 spiro atoms. The van der Waals surface area contributed by atoms with E-state index >= 15 is 0 Å². The second-order valence-corrected chi connectivity index (χ2v) is 19.7. The van der Waals surface area contributed by atoms with E-state index < -0.39 is 0 Å². The lowest BCUT2D eigenvalue weighted by molar-refractivity contribution is 0.569. The molecule has 0 saturated heterocycles. The Labute approximate surface area is 370 Å². The average Bonchev–Trinajstić information content (AvgIpc) is 3.68.